The zero-order chi connectivity index (χ0) is 16.1. The van der Waals surface area contributed by atoms with Crippen molar-refractivity contribution in [3.63, 3.8) is 0 Å². The van der Waals surface area contributed by atoms with Crippen molar-refractivity contribution in [1.29, 1.82) is 0 Å². The van der Waals surface area contributed by atoms with Crippen LogP contribution in [0.3, 0.4) is 0 Å². The molecule has 2 rings (SSSR count). The minimum absolute atomic E-state index is 0.135. The highest BCUT2D eigenvalue weighted by atomic mass is 127. The number of carbonyl (C=O) groups is 2. The fraction of sp³-hybridized carbons (Fsp3) is 0.0667. The lowest BCUT2D eigenvalue weighted by atomic mass is 10.2. The van der Waals surface area contributed by atoms with Gasteiger partial charge >= 0.3 is 0 Å². The van der Waals surface area contributed by atoms with Crippen LogP contribution in [0.1, 0.15) is 10.4 Å². The van der Waals surface area contributed by atoms with Crippen LogP contribution in [0.5, 0.6) is 0 Å². The number of amides is 2. The largest absolute Gasteiger partial charge is 0.343 e. The third-order valence-electron chi connectivity index (χ3n) is 2.71. The molecule has 0 spiro atoms. The van der Waals surface area contributed by atoms with E-state index >= 15 is 0 Å². The van der Waals surface area contributed by atoms with Crippen molar-refractivity contribution >= 4 is 63.3 Å². The lowest BCUT2D eigenvalue weighted by Gasteiger charge is -2.08. The molecule has 4 nitrogen and oxygen atoms in total. The van der Waals surface area contributed by atoms with Gasteiger partial charge in [-0.1, -0.05) is 23.2 Å². The summed E-state index contributed by atoms with van der Waals surface area (Å²) in [6.07, 6.45) is 0. The molecule has 0 heterocycles. The van der Waals surface area contributed by atoms with Crippen molar-refractivity contribution in [2.24, 2.45) is 0 Å². The minimum atomic E-state index is -0.349. The van der Waals surface area contributed by atoms with Crippen LogP contribution in [-0.2, 0) is 4.79 Å². The summed E-state index contributed by atoms with van der Waals surface area (Å²) in [5, 5.41) is 6.27. The molecule has 0 aromatic heterocycles. The van der Waals surface area contributed by atoms with Gasteiger partial charge in [0.15, 0.2) is 0 Å². The topological polar surface area (TPSA) is 58.2 Å². The Balaban J connectivity index is 1.91. The molecule has 0 saturated heterocycles. The Labute approximate surface area is 151 Å². The summed E-state index contributed by atoms with van der Waals surface area (Å²) in [4.78, 5) is 23.8. The molecule has 2 aromatic carbocycles. The second kappa shape index (κ2) is 7.80. The van der Waals surface area contributed by atoms with E-state index in [2.05, 4.69) is 10.6 Å². The first-order chi connectivity index (χ1) is 10.5. The zero-order valence-electron chi connectivity index (χ0n) is 11.2. The van der Waals surface area contributed by atoms with Crippen LogP contribution in [0.2, 0.25) is 10.0 Å². The fourth-order valence-electron chi connectivity index (χ4n) is 1.67. The molecule has 0 saturated carbocycles. The summed E-state index contributed by atoms with van der Waals surface area (Å²) in [6.45, 7) is -0.135. The van der Waals surface area contributed by atoms with E-state index in [1.165, 1.54) is 0 Å². The monoisotopic (exact) mass is 448 g/mol. The van der Waals surface area contributed by atoms with Crippen LogP contribution in [0.4, 0.5) is 5.69 Å². The maximum Gasteiger partial charge on any atom is 0.252 e. The maximum absolute atomic E-state index is 12.0. The van der Waals surface area contributed by atoms with Crippen molar-refractivity contribution in [2.75, 3.05) is 11.9 Å². The molecule has 0 fully saturated rings. The average molecular weight is 449 g/mol. The quantitative estimate of drug-likeness (QED) is 0.695. The van der Waals surface area contributed by atoms with Crippen LogP contribution in [0.15, 0.2) is 42.5 Å². The molecule has 0 unspecified atom stereocenters. The van der Waals surface area contributed by atoms with E-state index in [0.717, 1.165) is 3.57 Å². The molecular weight excluding hydrogens is 438 g/mol. The number of nitrogens with one attached hydrogen (secondary N) is 2. The summed E-state index contributed by atoms with van der Waals surface area (Å²) < 4.78 is 0.762. The molecular formula is C15H11Cl2IN2O2. The standard InChI is InChI=1S/C15H11Cl2IN2O2/c16-9-1-4-11(5-2-9)20-14(21)8-19-15(22)12-7-10(17)3-6-13(12)18/h1-7H,8H2,(H,19,22)(H,20,21). The second-order valence-corrected chi connectivity index (χ2v) is 6.40. The van der Waals surface area contributed by atoms with Crippen LogP contribution >= 0.6 is 45.8 Å². The fourth-order valence-corrected chi connectivity index (χ4v) is 2.54. The van der Waals surface area contributed by atoms with E-state index in [0.29, 0.717) is 21.3 Å². The second-order valence-electron chi connectivity index (χ2n) is 4.36. The smallest absolute Gasteiger partial charge is 0.252 e. The van der Waals surface area contributed by atoms with Gasteiger partial charge in [-0.25, -0.2) is 0 Å². The molecule has 0 bridgehead atoms. The van der Waals surface area contributed by atoms with Gasteiger partial charge in [-0.2, -0.15) is 0 Å². The molecule has 2 N–H and O–H groups in total. The SMILES string of the molecule is O=C(CNC(=O)c1cc(Cl)ccc1I)Nc1ccc(Cl)cc1. The minimum Gasteiger partial charge on any atom is -0.343 e. The third kappa shape index (κ3) is 4.86. The Morgan fingerprint density at radius 1 is 1.00 bits per heavy atom. The molecule has 22 heavy (non-hydrogen) atoms. The molecule has 0 atom stereocenters. The van der Waals surface area contributed by atoms with Gasteiger partial charge in [-0.05, 0) is 65.1 Å². The lowest BCUT2D eigenvalue weighted by molar-refractivity contribution is -0.115. The van der Waals surface area contributed by atoms with Gasteiger partial charge in [0.1, 0.15) is 0 Å². The van der Waals surface area contributed by atoms with Crippen molar-refractivity contribution in [3.8, 4) is 0 Å². The van der Waals surface area contributed by atoms with Gasteiger partial charge in [0.05, 0.1) is 12.1 Å². The van der Waals surface area contributed by atoms with Gasteiger partial charge in [-0.3, -0.25) is 9.59 Å². The molecule has 2 amide bonds. The Hall–Kier alpha value is -1.31. The summed E-state index contributed by atoms with van der Waals surface area (Å²) in [7, 11) is 0. The van der Waals surface area contributed by atoms with E-state index in [-0.39, 0.29) is 18.4 Å². The number of hydrogen-bond acceptors (Lipinski definition) is 2. The van der Waals surface area contributed by atoms with Crippen LogP contribution in [0, 0.1) is 3.57 Å². The lowest BCUT2D eigenvalue weighted by Crippen LogP contribution is -2.33. The number of anilines is 1. The van der Waals surface area contributed by atoms with Crippen molar-refractivity contribution in [1.82, 2.24) is 5.32 Å². The van der Waals surface area contributed by atoms with Crippen molar-refractivity contribution in [2.45, 2.75) is 0 Å². The Kier molecular flexibility index (Phi) is 6.05. The number of carbonyl (C=O) groups excluding carboxylic acids is 2. The molecule has 0 radical (unpaired) electrons. The number of benzene rings is 2. The predicted octanol–water partition coefficient (Wildman–Crippen LogP) is 3.97. The first kappa shape index (κ1) is 17.1. The average Bonchev–Trinajstić information content (AvgIpc) is 2.49. The number of rotatable bonds is 4. The van der Waals surface area contributed by atoms with Crippen molar-refractivity contribution in [3.05, 3.63) is 61.6 Å². The molecule has 0 aliphatic heterocycles. The highest BCUT2D eigenvalue weighted by Gasteiger charge is 2.12. The molecule has 2 aromatic rings. The molecule has 7 heteroatoms. The van der Waals surface area contributed by atoms with E-state index < -0.39 is 0 Å². The summed E-state index contributed by atoms with van der Waals surface area (Å²) >= 11 is 13.7. The van der Waals surface area contributed by atoms with Gasteiger partial charge < -0.3 is 10.6 Å². The number of halogens is 3. The Morgan fingerprint density at radius 2 is 1.64 bits per heavy atom. The summed E-state index contributed by atoms with van der Waals surface area (Å²) in [5.74, 6) is -0.675. The normalized spacial score (nSPS) is 10.1. The van der Waals surface area contributed by atoms with Crippen LogP contribution in [-0.4, -0.2) is 18.4 Å². The van der Waals surface area contributed by atoms with E-state index in [4.69, 9.17) is 23.2 Å². The summed E-state index contributed by atoms with van der Waals surface area (Å²) in [5.41, 5.74) is 1.05. The summed E-state index contributed by atoms with van der Waals surface area (Å²) in [6, 6.07) is 11.7. The predicted molar refractivity (Wildman–Crippen MR) is 96.6 cm³/mol. The highest BCUT2D eigenvalue weighted by molar-refractivity contribution is 14.1. The van der Waals surface area contributed by atoms with Crippen LogP contribution < -0.4 is 10.6 Å². The maximum atomic E-state index is 12.0. The highest BCUT2D eigenvalue weighted by Crippen LogP contribution is 2.17. The third-order valence-corrected chi connectivity index (χ3v) is 4.14. The Bertz CT molecular complexity index is 705. The van der Waals surface area contributed by atoms with E-state index in [1.807, 2.05) is 22.6 Å². The van der Waals surface area contributed by atoms with Gasteiger partial charge in [0, 0.05) is 19.3 Å². The molecule has 0 aliphatic rings. The molecule has 114 valence electrons. The molecule has 0 aliphatic carbocycles. The van der Waals surface area contributed by atoms with Crippen LogP contribution in [0.25, 0.3) is 0 Å². The van der Waals surface area contributed by atoms with Gasteiger partial charge in [0.25, 0.3) is 5.91 Å². The number of hydrogen-bond donors (Lipinski definition) is 2. The van der Waals surface area contributed by atoms with Gasteiger partial charge in [-0.15, -0.1) is 0 Å². The zero-order valence-corrected chi connectivity index (χ0v) is 14.9. The van der Waals surface area contributed by atoms with Gasteiger partial charge in [0.2, 0.25) is 5.91 Å². The van der Waals surface area contributed by atoms with E-state index in [1.54, 1.807) is 42.5 Å². The van der Waals surface area contributed by atoms with E-state index in [9.17, 15) is 9.59 Å². The Morgan fingerprint density at radius 3 is 2.32 bits per heavy atom. The van der Waals surface area contributed by atoms with Crippen molar-refractivity contribution < 1.29 is 9.59 Å². The first-order valence-corrected chi connectivity index (χ1v) is 8.08. The first-order valence-electron chi connectivity index (χ1n) is 6.24.